The molecule has 25 heavy (non-hydrogen) atoms. The number of benzene rings is 3. The Labute approximate surface area is 143 Å². The lowest BCUT2D eigenvalue weighted by Gasteiger charge is -2.08. The van der Waals surface area contributed by atoms with Gasteiger partial charge in [0.05, 0.1) is 0 Å². The Kier molecular flexibility index (Phi) is 5.04. The molecule has 0 aromatic heterocycles. The molecule has 3 aromatic rings. The molecule has 3 aromatic carbocycles. The van der Waals surface area contributed by atoms with Crippen LogP contribution >= 0.6 is 0 Å². The molecule has 3 rings (SSSR count). The van der Waals surface area contributed by atoms with E-state index < -0.39 is 17.5 Å². The number of hydrogen-bond donors (Lipinski definition) is 1. The number of rotatable bonds is 5. The van der Waals surface area contributed by atoms with Crippen molar-refractivity contribution in [2.75, 3.05) is 5.32 Å². The Bertz CT molecular complexity index is 865. The van der Waals surface area contributed by atoms with Gasteiger partial charge in [-0.15, -0.1) is 0 Å². The minimum absolute atomic E-state index is 0.195. The van der Waals surface area contributed by atoms with Gasteiger partial charge in [0.25, 0.3) is 5.91 Å². The summed E-state index contributed by atoms with van der Waals surface area (Å²) in [4.78, 5) is 12.1. The quantitative estimate of drug-likeness (QED) is 0.725. The van der Waals surface area contributed by atoms with E-state index in [0.29, 0.717) is 12.2 Å². The van der Waals surface area contributed by atoms with Gasteiger partial charge >= 0.3 is 0 Å². The van der Waals surface area contributed by atoms with Crippen LogP contribution < -0.4 is 10.1 Å². The van der Waals surface area contributed by atoms with Crippen molar-refractivity contribution in [2.45, 2.75) is 6.61 Å². The first-order valence-electron chi connectivity index (χ1n) is 7.65. The molecule has 0 saturated carbocycles. The highest BCUT2D eigenvalue weighted by atomic mass is 19.2. The van der Waals surface area contributed by atoms with Gasteiger partial charge in [-0.2, -0.15) is 0 Å². The van der Waals surface area contributed by atoms with Crippen LogP contribution in [0.5, 0.6) is 5.75 Å². The second-order valence-electron chi connectivity index (χ2n) is 5.38. The van der Waals surface area contributed by atoms with Crippen LogP contribution in [0.25, 0.3) is 0 Å². The standard InChI is InChI=1S/C20H15F2NO2/c21-18-11-10-16(12-19(18)22)23-20(24)15-8-6-14(7-9-15)13-25-17-4-2-1-3-5-17/h1-12H,13H2,(H,23,24). The molecule has 0 atom stereocenters. The molecule has 1 N–H and O–H groups in total. The molecule has 0 unspecified atom stereocenters. The van der Waals surface area contributed by atoms with Crippen molar-refractivity contribution in [3.63, 3.8) is 0 Å². The molecule has 0 heterocycles. The molecule has 0 bridgehead atoms. The fraction of sp³-hybridized carbons (Fsp3) is 0.0500. The van der Waals surface area contributed by atoms with Gasteiger partial charge in [-0.1, -0.05) is 30.3 Å². The summed E-state index contributed by atoms with van der Waals surface area (Å²) >= 11 is 0. The topological polar surface area (TPSA) is 38.3 Å². The van der Waals surface area contributed by atoms with Crippen molar-refractivity contribution in [3.05, 3.63) is 95.6 Å². The number of anilines is 1. The lowest BCUT2D eigenvalue weighted by atomic mass is 10.1. The Balaban J connectivity index is 1.61. The van der Waals surface area contributed by atoms with Gasteiger partial charge in [0.2, 0.25) is 0 Å². The van der Waals surface area contributed by atoms with E-state index >= 15 is 0 Å². The average molecular weight is 339 g/mol. The summed E-state index contributed by atoms with van der Waals surface area (Å²) in [6.07, 6.45) is 0. The van der Waals surface area contributed by atoms with Crippen LogP contribution in [0.15, 0.2) is 72.8 Å². The first-order chi connectivity index (χ1) is 12.1. The second-order valence-corrected chi connectivity index (χ2v) is 5.38. The largest absolute Gasteiger partial charge is 0.489 e. The van der Waals surface area contributed by atoms with E-state index in [-0.39, 0.29) is 5.69 Å². The first kappa shape index (κ1) is 16.6. The van der Waals surface area contributed by atoms with E-state index in [1.54, 1.807) is 24.3 Å². The van der Waals surface area contributed by atoms with E-state index in [2.05, 4.69) is 5.32 Å². The number of halogens is 2. The van der Waals surface area contributed by atoms with Crippen LogP contribution in [0.4, 0.5) is 14.5 Å². The normalized spacial score (nSPS) is 10.3. The minimum atomic E-state index is -1.01. The summed E-state index contributed by atoms with van der Waals surface area (Å²) in [7, 11) is 0. The van der Waals surface area contributed by atoms with Crippen molar-refractivity contribution in [1.82, 2.24) is 0 Å². The summed E-state index contributed by atoms with van der Waals surface area (Å²) < 4.78 is 31.7. The molecule has 0 spiro atoms. The maximum atomic E-state index is 13.2. The van der Waals surface area contributed by atoms with E-state index in [9.17, 15) is 13.6 Å². The van der Waals surface area contributed by atoms with Crippen molar-refractivity contribution in [1.29, 1.82) is 0 Å². The van der Waals surface area contributed by atoms with Gasteiger partial charge in [0.15, 0.2) is 11.6 Å². The number of nitrogens with one attached hydrogen (secondary N) is 1. The fourth-order valence-electron chi connectivity index (χ4n) is 2.21. The van der Waals surface area contributed by atoms with Crippen LogP contribution in [-0.4, -0.2) is 5.91 Å². The monoisotopic (exact) mass is 339 g/mol. The third kappa shape index (κ3) is 4.41. The Morgan fingerprint density at radius 2 is 1.60 bits per heavy atom. The third-order valence-electron chi connectivity index (χ3n) is 3.54. The molecule has 0 fully saturated rings. The van der Waals surface area contributed by atoms with Crippen molar-refractivity contribution in [3.8, 4) is 5.75 Å². The lowest BCUT2D eigenvalue weighted by molar-refractivity contribution is 0.102. The molecular formula is C20H15F2NO2. The number of ether oxygens (including phenoxy) is 1. The highest BCUT2D eigenvalue weighted by molar-refractivity contribution is 6.04. The highest BCUT2D eigenvalue weighted by Gasteiger charge is 2.08. The summed E-state index contributed by atoms with van der Waals surface area (Å²) in [5, 5.41) is 2.53. The van der Waals surface area contributed by atoms with Crippen molar-refractivity contribution in [2.24, 2.45) is 0 Å². The minimum Gasteiger partial charge on any atom is -0.489 e. The molecule has 1 amide bonds. The predicted octanol–water partition coefficient (Wildman–Crippen LogP) is 4.80. The van der Waals surface area contributed by atoms with Crippen LogP contribution in [-0.2, 0) is 6.61 Å². The summed E-state index contributed by atoms with van der Waals surface area (Å²) in [6.45, 7) is 0.384. The lowest BCUT2D eigenvalue weighted by Crippen LogP contribution is -2.12. The molecule has 3 nitrogen and oxygen atoms in total. The fourth-order valence-corrected chi connectivity index (χ4v) is 2.21. The summed E-state index contributed by atoms with van der Waals surface area (Å²) in [6, 6.07) is 19.5. The molecular weight excluding hydrogens is 324 g/mol. The molecule has 0 aliphatic carbocycles. The highest BCUT2D eigenvalue weighted by Crippen LogP contribution is 2.16. The SMILES string of the molecule is O=C(Nc1ccc(F)c(F)c1)c1ccc(COc2ccccc2)cc1. The van der Waals surface area contributed by atoms with Gasteiger partial charge in [-0.25, -0.2) is 8.78 Å². The molecule has 0 aliphatic heterocycles. The third-order valence-corrected chi connectivity index (χ3v) is 3.54. The summed E-state index contributed by atoms with van der Waals surface area (Å²) in [5.74, 6) is -1.60. The maximum absolute atomic E-state index is 13.2. The Morgan fingerprint density at radius 3 is 2.28 bits per heavy atom. The second kappa shape index (κ2) is 7.57. The predicted molar refractivity (Wildman–Crippen MR) is 91.5 cm³/mol. The van der Waals surface area contributed by atoms with Gasteiger partial charge in [0, 0.05) is 17.3 Å². The number of hydrogen-bond acceptors (Lipinski definition) is 2. The zero-order valence-corrected chi connectivity index (χ0v) is 13.2. The van der Waals surface area contributed by atoms with Crippen molar-refractivity contribution < 1.29 is 18.3 Å². The van der Waals surface area contributed by atoms with Crippen LogP contribution in [0, 0.1) is 11.6 Å². The van der Waals surface area contributed by atoms with Gasteiger partial charge in [-0.05, 0) is 42.0 Å². The first-order valence-corrected chi connectivity index (χ1v) is 7.65. The van der Waals surface area contributed by atoms with Gasteiger partial charge < -0.3 is 10.1 Å². The van der Waals surface area contributed by atoms with E-state index in [1.807, 2.05) is 30.3 Å². The number of carbonyl (C=O) groups excluding carboxylic acids is 1. The molecule has 0 saturated heterocycles. The molecule has 0 aliphatic rings. The number of para-hydroxylation sites is 1. The van der Waals surface area contributed by atoms with E-state index in [1.165, 1.54) is 6.07 Å². The summed E-state index contributed by atoms with van der Waals surface area (Å²) in [5.41, 5.74) is 1.52. The molecule has 126 valence electrons. The van der Waals surface area contributed by atoms with Gasteiger partial charge in [0.1, 0.15) is 12.4 Å². The zero-order chi connectivity index (χ0) is 17.6. The molecule has 0 radical (unpaired) electrons. The Hall–Kier alpha value is -3.21. The number of carbonyl (C=O) groups is 1. The van der Waals surface area contributed by atoms with Crippen LogP contribution in [0.1, 0.15) is 15.9 Å². The maximum Gasteiger partial charge on any atom is 0.255 e. The Morgan fingerprint density at radius 1 is 0.880 bits per heavy atom. The van der Waals surface area contributed by atoms with Crippen molar-refractivity contribution >= 4 is 11.6 Å². The average Bonchev–Trinajstić information content (AvgIpc) is 2.64. The van der Waals surface area contributed by atoms with E-state index in [0.717, 1.165) is 23.4 Å². The van der Waals surface area contributed by atoms with Crippen LogP contribution in [0.2, 0.25) is 0 Å². The van der Waals surface area contributed by atoms with E-state index in [4.69, 9.17) is 4.74 Å². The molecule has 5 heteroatoms. The zero-order valence-electron chi connectivity index (χ0n) is 13.2. The van der Waals surface area contributed by atoms with Gasteiger partial charge in [-0.3, -0.25) is 4.79 Å². The smallest absolute Gasteiger partial charge is 0.255 e. The van der Waals surface area contributed by atoms with Crippen LogP contribution in [0.3, 0.4) is 0 Å². The number of amides is 1.